The molecule has 0 atom stereocenters. The first-order valence-electron chi connectivity index (χ1n) is 7.37. The number of nitro benzene ring substituents is 2. The highest BCUT2D eigenvalue weighted by atomic mass is 16.6. The SMILES string of the molecule is O=C1C=CC(=O)N1c1ccc(Nc2cccc([N+](=O)[O-])c2[N+](=O)[O-])c(O)c1. The number of nitrogens with one attached hydrogen (secondary N) is 1. The molecule has 1 aliphatic heterocycles. The largest absolute Gasteiger partial charge is 0.506 e. The average molecular weight is 370 g/mol. The monoisotopic (exact) mass is 370 g/mol. The van der Waals surface area contributed by atoms with E-state index in [0.717, 1.165) is 29.2 Å². The number of aromatic hydroxyl groups is 1. The number of para-hydroxylation sites is 1. The number of benzene rings is 2. The van der Waals surface area contributed by atoms with Crippen molar-refractivity contribution in [3.63, 3.8) is 0 Å². The molecule has 2 amide bonds. The Labute approximate surface area is 150 Å². The molecule has 0 fully saturated rings. The van der Waals surface area contributed by atoms with Crippen molar-refractivity contribution in [1.82, 2.24) is 0 Å². The Hall–Kier alpha value is -4.28. The molecule has 11 heteroatoms. The summed E-state index contributed by atoms with van der Waals surface area (Å²) in [6.07, 6.45) is 2.16. The van der Waals surface area contributed by atoms with Gasteiger partial charge in [-0.15, -0.1) is 0 Å². The molecule has 3 rings (SSSR count). The molecular weight excluding hydrogens is 360 g/mol. The van der Waals surface area contributed by atoms with Crippen LogP contribution < -0.4 is 10.2 Å². The van der Waals surface area contributed by atoms with Crippen LogP contribution in [0.1, 0.15) is 0 Å². The fourth-order valence-corrected chi connectivity index (χ4v) is 2.54. The molecule has 2 aromatic rings. The molecule has 0 aromatic heterocycles. The van der Waals surface area contributed by atoms with Crippen molar-refractivity contribution in [2.24, 2.45) is 0 Å². The zero-order chi connectivity index (χ0) is 19.7. The summed E-state index contributed by atoms with van der Waals surface area (Å²) >= 11 is 0. The minimum Gasteiger partial charge on any atom is -0.506 e. The number of phenolic OH excluding ortho intramolecular Hbond substituents is 1. The Balaban J connectivity index is 1.97. The smallest absolute Gasteiger partial charge is 0.369 e. The Bertz CT molecular complexity index is 1010. The molecule has 2 aromatic carbocycles. The van der Waals surface area contributed by atoms with Crippen molar-refractivity contribution >= 4 is 40.3 Å². The molecule has 0 spiro atoms. The van der Waals surface area contributed by atoms with Crippen molar-refractivity contribution in [3.05, 3.63) is 68.8 Å². The van der Waals surface area contributed by atoms with Crippen molar-refractivity contribution in [2.75, 3.05) is 10.2 Å². The zero-order valence-electron chi connectivity index (χ0n) is 13.4. The number of hydrogen-bond donors (Lipinski definition) is 2. The van der Waals surface area contributed by atoms with E-state index < -0.39 is 38.8 Å². The van der Waals surface area contributed by atoms with Crippen LogP contribution in [-0.2, 0) is 9.59 Å². The molecule has 1 aliphatic rings. The van der Waals surface area contributed by atoms with Crippen LogP contribution in [0.15, 0.2) is 48.6 Å². The standard InChI is InChI=1S/C16H10N4O7/c21-13-8-9(18-14(22)6-7-15(18)23)4-5-10(13)17-11-2-1-3-12(19(24)25)16(11)20(26)27/h1-8,17,21H. The van der Waals surface area contributed by atoms with Gasteiger partial charge < -0.3 is 10.4 Å². The second kappa shape index (κ2) is 6.55. The van der Waals surface area contributed by atoms with Gasteiger partial charge in [-0.3, -0.25) is 29.8 Å². The summed E-state index contributed by atoms with van der Waals surface area (Å²) < 4.78 is 0. The molecule has 0 saturated heterocycles. The number of imide groups is 1. The van der Waals surface area contributed by atoms with E-state index in [1.807, 2.05) is 0 Å². The average Bonchev–Trinajstić information content (AvgIpc) is 2.94. The molecule has 0 radical (unpaired) electrons. The maximum atomic E-state index is 11.7. The number of anilines is 3. The summed E-state index contributed by atoms with van der Waals surface area (Å²) in [7, 11) is 0. The third-order valence-corrected chi connectivity index (χ3v) is 3.71. The first-order chi connectivity index (χ1) is 12.8. The molecule has 0 bridgehead atoms. The van der Waals surface area contributed by atoms with Gasteiger partial charge in [0.2, 0.25) is 0 Å². The molecule has 136 valence electrons. The summed E-state index contributed by atoms with van der Waals surface area (Å²) in [5.41, 5.74) is -1.58. The highest BCUT2D eigenvalue weighted by molar-refractivity contribution is 6.28. The van der Waals surface area contributed by atoms with E-state index in [0.29, 0.717) is 0 Å². The van der Waals surface area contributed by atoms with Crippen LogP contribution in [-0.4, -0.2) is 26.8 Å². The molecule has 2 N–H and O–H groups in total. The van der Waals surface area contributed by atoms with Gasteiger partial charge >= 0.3 is 11.4 Å². The molecule has 0 unspecified atom stereocenters. The summed E-state index contributed by atoms with van der Waals surface area (Å²) in [5, 5.41) is 34.9. The number of hydrogen-bond acceptors (Lipinski definition) is 8. The second-order valence-corrected chi connectivity index (χ2v) is 5.36. The number of nitrogens with zero attached hydrogens (tertiary/aromatic N) is 3. The van der Waals surface area contributed by atoms with Crippen LogP contribution in [0.5, 0.6) is 5.75 Å². The van der Waals surface area contributed by atoms with Gasteiger partial charge in [0, 0.05) is 24.3 Å². The lowest BCUT2D eigenvalue weighted by Crippen LogP contribution is -2.29. The van der Waals surface area contributed by atoms with E-state index in [4.69, 9.17) is 0 Å². The summed E-state index contributed by atoms with van der Waals surface area (Å²) in [6, 6.07) is 7.24. The van der Waals surface area contributed by atoms with Crippen molar-refractivity contribution in [3.8, 4) is 5.75 Å². The third kappa shape index (κ3) is 3.16. The number of carbonyl (C=O) groups excluding carboxylic acids is 2. The van der Waals surface area contributed by atoms with Gasteiger partial charge in [-0.25, -0.2) is 4.90 Å². The number of phenols is 1. The van der Waals surface area contributed by atoms with E-state index in [1.165, 1.54) is 24.3 Å². The van der Waals surface area contributed by atoms with Crippen LogP contribution >= 0.6 is 0 Å². The van der Waals surface area contributed by atoms with Gasteiger partial charge in [0.15, 0.2) is 0 Å². The van der Waals surface area contributed by atoms with Gasteiger partial charge in [0.1, 0.15) is 11.4 Å². The van der Waals surface area contributed by atoms with Gasteiger partial charge in [-0.1, -0.05) is 6.07 Å². The van der Waals surface area contributed by atoms with Crippen LogP contribution in [0.3, 0.4) is 0 Å². The first-order valence-corrected chi connectivity index (χ1v) is 7.37. The summed E-state index contributed by atoms with van der Waals surface area (Å²) in [4.78, 5) is 44.6. The van der Waals surface area contributed by atoms with Crippen LogP contribution in [0.25, 0.3) is 0 Å². The van der Waals surface area contributed by atoms with E-state index in [2.05, 4.69) is 5.32 Å². The topological polar surface area (TPSA) is 156 Å². The Morgan fingerprint density at radius 1 is 0.926 bits per heavy atom. The van der Waals surface area contributed by atoms with Crippen LogP contribution in [0.2, 0.25) is 0 Å². The molecular formula is C16H10N4O7. The predicted molar refractivity (Wildman–Crippen MR) is 92.8 cm³/mol. The molecule has 11 nitrogen and oxygen atoms in total. The van der Waals surface area contributed by atoms with Crippen molar-refractivity contribution in [1.29, 1.82) is 0 Å². The highest BCUT2D eigenvalue weighted by Crippen LogP contribution is 2.38. The quantitative estimate of drug-likeness (QED) is 0.351. The molecule has 0 saturated carbocycles. The van der Waals surface area contributed by atoms with Crippen LogP contribution in [0, 0.1) is 20.2 Å². The lowest BCUT2D eigenvalue weighted by atomic mass is 10.2. The Morgan fingerprint density at radius 3 is 2.15 bits per heavy atom. The number of carbonyl (C=O) groups is 2. The normalized spacial score (nSPS) is 13.1. The zero-order valence-corrected chi connectivity index (χ0v) is 13.4. The molecule has 0 aliphatic carbocycles. The molecule has 1 heterocycles. The minimum absolute atomic E-state index is 0.00518. The van der Waals surface area contributed by atoms with Gasteiger partial charge in [-0.2, -0.15) is 0 Å². The van der Waals surface area contributed by atoms with Crippen molar-refractivity contribution in [2.45, 2.75) is 0 Å². The third-order valence-electron chi connectivity index (χ3n) is 3.71. The highest BCUT2D eigenvalue weighted by Gasteiger charge is 2.29. The molecule has 27 heavy (non-hydrogen) atoms. The fraction of sp³-hybridized carbons (Fsp3) is 0. The van der Waals surface area contributed by atoms with E-state index in [9.17, 15) is 34.9 Å². The Morgan fingerprint density at radius 2 is 1.59 bits per heavy atom. The van der Waals surface area contributed by atoms with Gasteiger partial charge in [0.25, 0.3) is 11.8 Å². The maximum Gasteiger partial charge on any atom is 0.369 e. The minimum atomic E-state index is -0.904. The van der Waals surface area contributed by atoms with E-state index in [-0.39, 0.29) is 17.1 Å². The number of amides is 2. The Kier molecular flexibility index (Phi) is 4.26. The second-order valence-electron chi connectivity index (χ2n) is 5.36. The summed E-state index contributed by atoms with van der Waals surface area (Å²) in [5.74, 6) is -1.57. The predicted octanol–water partition coefficient (Wildman–Crippen LogP) is 2.38. The van der Waals surface area contributed by atoms with Crippen LogP contribution in [0.4, 0.5) is 28.4 Å². The lowest BCUT2D eigenvalue weighted by Gasteiger charge is -2.16. The maximum absolute atomic E-state index is 11.7. The first kappa shape index (κ1) is 17.5. The number of nitro groups is 2. The summed E-state index contributed by atoms with van der Waals surface area (Å²) in [6.45, 7) is 0. The fourth-order valence-electron chi connectivity index (χ4n) is 2.54. The lowest BCUT2D eigenvalue weighted by molar-refractivity contribution is -0.421. The number of rotatable bonds is 5. The van der Waals surface area contributed by atoms with Gasteiger partial charge in [-0.05, 0) is 18.2 Å². The van der Waals surface area contributed by atoms with Gasteiger partial charge in [0.05, 0.1) is 21.2 Å². The van der Waals surface area contributed by atoms with E-state index >= 15 is 0 Å². The van der Waals surface area contributed by atoms with E-state index in [1.54, 1.807) is 0 Å². The van der Waals surface area contributed by atoms with Crippen molar-refractivity contribution < 1.29 is 24.5 Å².